The minimum absolute atomic E-state index is 0.00508. The van der Waals surface area contributed by atoms with Crippen LogP contribution in [0.15, 0.2) is 24.3 Å². The number of rotatable bonds is 4. The lowest BCUT2D eigenvalue weighted by atomic mass is 9.96. The molecule has 4 rings (SSSR count). The van der Waals surface area contributed by atoms with Crippen molar-refractivity contribution in [1.82, 2.24) is 15.1 Å². The lowest BCUT2D eigenvalue weighted by Crippen LogP contribution is -2.47. The standard InChI is InChI=1S/C22H29N3O3/c1-15-7-6-8-16(13-15)18-9-4-3-5-12-24(18)19(26)14-25-20(27)22(2,17-10-11-17)23-21(25)28/h6-8,13,17-18H,3-5,9-12,14H2,1-2H3,(H,23,28)/t18-,22-/m0/s1. The van der Waals surface area contributed by atoms with Gasteiger partial charge < -0.3 is 10.2 Å². The summed E-state index contributed by atoms with van der Waals surface area (Å²) < 4.78 is 0. The number of carbonyl (C=O) groups excluding carboxylic acids is 3. The lowest BCUT2D eigenvalue weighted by molar-refractivity contribution is -0.140. The molecule has 0 unspecified atom stereocenters. The lowest BCUT2D eigenvalue weighted by Gasteiger charge is -2.32. The minimum atomic E-state index is -0.841. The second kappa shape index (κ2) is 7.22. The molecule has 150 valence electrons. The van der Waals surface area contributed by atoms with Crippen LogP contribution in [0.25, 0.3) is 0 Å². The van der Waals surface area contributed by atoms with Crippen LogP contribution in [0.5, 0.6) is 0 Å². The number of carbonyl (C=O) groups is 3. The Morgan fingerprint density at radius 2 is 1.96 bits per heavy atom. The van der Waals surface area contributed by atoms with E-state index < -0.39 is 11.6 Å². The third-order valence-corrected chi connectivity index (χ3v) is 6.49. The first-order chi connectivity index (χ1) is 13.4. The van der Waals surface area contributed by atoms with Gasteiger partial charge in [-0.25, -0.2) is 4.79 Å². The smallest absolute Gasteiger partial charge is 0.325 e. The second-order valence-corrected chi connectivity index (χ2v) is 8.66. The molecule has 6 nitrogen and oxygen atoms in total. The molecule has 1 N–H and O–H groups in total. The Morgan fingerprint density at radius 3 is 2.68 bits per heavy atom. The van der Waals surface area contributed by atoms with Crippen molar-refractivity contribution >= 4 is 17.8 Å². The summed E-state index contributed by atoms with van der Waals surface area (Å²) >= 11 is 0. The second-order valence-electron chi connectivity index (χ2n) is 8.66. The van der Waals surface area contributed by atoms with E-state index in [2.05, 4.69) is 30.4 Å². The summed E-state index contributed by atoms with van der Waals surface area (Å²) in [6.45, 7) is 4.34. The van der Waals surface area contributed by atoms with Gasteiger partial charge in [0.15, 0.2) is 0 Å². The van der Waals surface area contributed by atoms with Gasteiger partial charge >= 0.3 is 6.03 Å². The number of hydrogen-bond acceptors (Lipinski definition) is 3. The van der Waals surface area contributed by atoms with Crippen molar-refractivity contribution in [3.8, 4) is 0 Å². The van der Waals surface area contributed by atoms with E-state index in [9.17, 15) is 14.4 Å². The van der Waals surface area contributed by atoms with Crippen LogP contribution in [0.4, 0.5) is 4.79 Å². The quantitative estimate of drug-likeness (QED) is 0.812. The Kier molecular flexibility index (Phi) is 4.89. The molecule has 2 atom stereocenters. The molecule has 2 saturated heterocycles. The number of hydrogen-bond donors (Lipinski definition) is 1. The number of urea groups is 1. The molecule has 0 aromatic heterocycles. The van der Waals surface area contributed by atoms with E-state index in [-0.39, 0.29) is 30.3 Å². The van der Waals surface area contributed by atoms with Gasteiger partial charge in [0.2, 0.25) is 5.91 Å². The molecule has 6 heteroatoms. The highest BCUT2D eigenvalue weighted by molar-refractivity contribution is 6.09. The van der Waals surface area contributed by atoms with Crippen molar-refractivity contribution in [2.75, 3.05) is 13.1 Å². The van der Waals surface area contributed by atoms with E-state index in [4.69, 9.17) is 0 Å². The van der Waals surface area contributed by atoms with Gasteiger partial charge in [0, 0.05) is 6.54 Å². The van der Waals surface area contributed by atoms with Crippen molar-refractivity contribution in [2.45, 2.75) is 64.0 Å². The van der Waals surface area contributed by atoms with Crippen molar-refractivity contribution in [2.24, 2.45) is 5.92 Å². The molecule has 3 aliphatic rings. The van der Waals surface area contributed by atoms with Gasteiger partial charge in [0.05, 0.1) is 6.04 Å². The number of amides is 4. The van der Waals surface area contributed by atoms with Gasteiger partial charge in [-0.05, 0) is 51.0 Å². The SMILES string of the molecule is Cc1cccc([C@@H]2CCCCCN2C(=O)CN2C(=O)N[C@@](C)(C3CC3)C2=O)c1. The van der Waals surface area contributed by atoms with Crippen LogP contribution >= 0.6 is 0 Å². The number of imide groups is 1. The molecule has 1 aromatic carbocycles. The molecule has 1 aliphatic carbocycles. The van der Waals surface area contributed by atoms with Gasteiger partial charge in [-0.15, -0.1) is 0 Å². The van der Waals surface area contributed by atoms with E-state index in [1.807, 2.05) is 11.0 Å². The Hall–Kier alpha value is -2.37. The molecule has 4 amide bonds. The minimum Gasteiger partial charge on any atom is -0.334 e. The monoisotopic (exact) mass is 383 g/mol. The Labute approximate surface area is 166 Å². The van der Waals surface area contributed by atoms with Crippen LogP contribution in [0.1, 0.15) is 62.6 Å². The van der Waals surface area contributed by atoms with Crippen LogP contribution in [-0.4, -0.2) is 46.3 Å². The fraction of sp³-hybridized carbons (Fsp3) is 0.591. The molecule has 28 heavy (non-hydrogen) atoms. The average molecular weight is 383 g/mol. The van der Waals surface area contributed by atoms with Crippen molar-refractivity contribution in [1.29, 1.82) is 0 Å². The molecule has 0 spiro atoms. The van der Waals surface area contributed by atoms with Gasteiger partial charge in [-0.3, -0.25) is 14.5 Å². The third-order valence-electron chi connectivity index (χ3n) is 6.49. The molecule has 1 aromatic rings. The van der Waals surface area contributed by atoms with Crippen LogP contribution in [0.3, 0.4) is 0 Å². The molecule has 0 radical (unpaired) electrons. The first-order valence-corrected chi connectivity index (χ1v) is 10.4. The Balaban J connectivity index is 1.53. The van der Waals surface area contributed by atoms with E-state index in [1.54, 1.807) is 6.92 Å². The van der Waals surface area contributed by atoms with E-state index in [0.717, 1.165) is 49.0 Å². The maximum atomic E-state index is 13.2. The van der Waals surface area contributed by atoms with Crippen LogP contribution in [-0.2, 0) is 9.59 Å². The Morgan fingerprint density at radius 1 is 1.18 bits per heavy atom. The molecule has 0 bridgehead atoms. The van der Waals surface area contributed by atoms with Gasteiger partial charge in [-0.2, -0.15) is 0 Å². The van der Waals surface area contributed by atoms with Crippen molar-refractivity contribution < 1.29 is 14.4 Å². The fourth-order valence-corrected chi connectivity index (χ4v) is 4.65. The molecule has 2 heterocycles. The number of aryl methyl sites for hydroxylation is 1. The van der Waals surface area contributed by atoms with E-state index in [0.29, 0.717) is 6.54 Å². The van der Waals surface area contributed by atoms with E-state index >= 15 is 0 Å². The largest absolute Gasteiger partial charge is 0.334 e. The molecular weight excluding hydrogens is 354 g/mol. The average Bonchev–Trinajstić information content (AvgIpc) is 3.49. The molecular formula is C22H29N3O3. The number of nitrogens with one attached hydrogen (secondary N) is 1. The maximum absolute atomic E-state index is 13.2. The van der Waals surface area contributed by atoms with Crippen LogP contribution < -0.4 is 5.32 Å². The van der Waals surface area contributed by atoms with Gasteiger partial charge in [0.1, 0.15) is 12.1 Å². The predicted molar refractivity (Wildman–Crippen MR) is 105 cm³/mol. The summed E-state index contributed by atoms with van der Waals surface area (Å²) in [5.41, 5.74) is 1.46. The summed E-state index contributed by atoms with van der Waals surface area (Å²) in [6, 6.07) is 7.85. The van der Waals surface area contributed by atoms with E-state index in [1.165, 1.54) is 5.56 Å². The summed E-state index contributed by atoms with van der Waals surface area (Å²) in [4.78, 5) is 41.5. The van der Waals surface area contributed by atoms with Crippen molar-refractivity contribution in [3.05, 3.63) is 35.4 Å². The first-order valence-electron chi connectivity index (χ1n) is 10.4. The zero-order valence-electron chi connectivity index (χ0n) is 16.7. The molecule has 2 aliphatic heterocycles. The van der Waals surface area contributed by atoms with Crippen LogP contribution in [0.2, 0.25) is 0 Å². The summed E-state index contributed by atoms with van der Waals surface area (Å²) in [5, 5.41) is 2.83. The highest BCUT2D eigenvalue weighted by Crippen LogP contribution is 2.42. The fourth-order valence-electron chi connectivity index (χ4n) is 4.65. The zero-order chi connectivity index (χ0) is 19.9. The third kappa shape index (κ3) is 3.40. The molecule has 1 saturated carbocycles. The highest BCUT2D eigenvalue weighted by atomic mass is 16.2. The Bertz CT molecular complexity index is 804. The van der Waals surface area contributed by atoms with Gasteiger partial charge in [-0.1, -0.05) is 42.7 Å². The molecule has 3 fully saturated rings. The summed E-state index contributed by atoms with van der Waals surface area (Å²) in [6.07, 6.45) is 5.93. The summed E-state index contributed by atoms with van der Waals surface area (Å²) in [7, 11) is 0. The van der Waals surface area contributed by atoms with Crippen molar-refractivity contribution in [3.63, 3.8) is 0 Å². The van der Waals surface area contributed by atoms with Crippen LogP contribution in [0, 0.1) is 12.8 Å². The van der Waals surface area contributed by atoms with Gasteiger partial charge in [0.25, 0.3) is 5.91 Å². The summed E-state index contributed by atoms with van der Waals surface area (Å²) in [5.74, 6) is -0.200. The maximum Gasteiger partial charge on any atom is 0.325 e. The number of likely N-dealkylation sites (tertiary alicyclic amines) is 1. The topological polar surface area (TPSA) is 69.7 Å². The number of nitrogens with zero attached hydrogens (tertiary/aromatic N) is 2. The highest BCUT2D eigenvalue weighted by Gasteiger charge is 2.56. The first kappa shape index (κ1) is 19.0. The normalized spacial score (nSPS) is 28.3. The number of benzene rings is 1. The zero-order valence-corrected chi connectivity index (χ0v) is 16.7. The predicted octanol–water partition coefficient (Wildman–Crippen LogP) is 3.16.